The van der Waals surface area contributed by atoms with Gasteiger partial charge in [-0.2, -0.15) is 0 Å². The maximum absolute atomic E-state index is 8.52. The average molecular weight is 148 g/mol. The van der Waals surface area contributed by atoms with E-state index in [4.69, 9.17) is 14.0 Å². The Hall–Kier alpha value is 0.689. The number of rotatable bonds is 0. The summed E-state index contributed by atoms with van der Waals surface area (Å²) in [6.07, 6.45) is 0. The van der Waals surface area contributed by atoms with Crippen molar-refractivity contribution in [3.63, 3.8) is 0 Å². The van der Waals surface area contributed by atoms with Crippen LogP contribution in [0.5, 0.6) is 0 Å². The van der Waals surface area contributed by atoms with Gasteiger partial charge in [0, 0.05) is 21.7 Å². The molecule has 1 radical (unpaired) electrons. The van der Waals surface area contributed by atoms with Crippen LogP contribution in [0.2, 0.25) is 0 Å². The molecule has 0 aromatic heterocycles. The summed E-state index contributed by atoms with van der Waals surface area (Å²) in [5.74, 6) is 0. The molecule has 5 heavy (non-hydrogen) atoms. The maximum atomic E-state index is 8.52. The SMILES string of the molecule is [Cu].[O-][Cl+2]([O-])O. The second-order valence-electron chi connectivity index (χ2n) is 0.201. The molecule has 0 saturated carbocycles. The predicted octanol–water partition coefficient (Wildman–Crippen LogP) is -2.94. The van der Waals surface area contributed by atoms with Crippen molar-refractivity contribution in [1.29, 1.82) is 0 Å². The first-order valence-electron chi connectivity index (χ1n) is 0.478. The largest absolute Gasteiger partial charge is 0.321 e. The minimum Gasteiger partial charge on any atom is -0.321 e. The Morgan fingerprint density at radius 3 is 1.40 bits per heavy atom. The molecule has 0 bridgehead atoms. The third kappa shape index (κ3) is 71.4. The van der Waals surface area contributed by atoms with Gasteiger partial charge in [-0.15, -0.1) is 0 Å². The van der Waals surface area contributed by atoms with Gasteiger partial charge in [0.1, 0.15) is 0 Å². The van der Waals surface area contributed by atoms with Crippen LogP contribution >= 0.6 is 0 Å². The summed E-state index contributed by atoms with van der Waals surface area (Å²) in [6, 6.07) is 0. The van der Waals surface area contributed by atoms with Crippen LogP contribution in [0, 0.1) is 10.8 Å². The molecule has 37 valence electrons. The normalized spacial score (nSPS) is 7.20. The molecule has 0 spiro atoms. The molecule has 0 unspecified atom stereocenters. The standard InChI is InChI=1S/ClHO3.Cu/c2-1(3)4;/h2H;. The Balaban J connectivity index is 0. The Bertz CT molecular complexity index is 11.6. The summed E-state index contributed by atoms with van der Waals surface area (Å²) in [5.41, 5.74) is 0. The van der Waals surface area contributed by atoms with Gasteiger partial charge in [0.25, 0.3) is 10.8 Å². The molecule has 0 aliphatic heterocycles. The third-order valence-corrected chi connectivity index (χ3v) is 0. The Morgan fingerprint density at radius 1 is 1.40 bits per heavy atom. The predicted molar refractivity (Wildman–Crippen MR) is 2.22 cm³/mol. The van der Waals surface area contributed by atoms with Crippen LogP contribution in [0.4, 0.5) is 0 Å². The topological polar surface area (TPSA) is 66.3 Å². The minimum absolute atomic E-state index is 0. The van der Waals surface area contributed by atoms with Crippen LogP contribution in [0.1, 0.15) is 0 Å². The first-order chi connectivity index (χ1) is 1.73. The molecule has 5 heteroatoms. The molecular formula is HClCuO3. The molecule has 0 rings (SSSR count). The minimum atomic E-state index is -2.60. The Labute approximate surface area is 42.5 Å². The van der Waals surface area contributed by atoms with Crippen molar-refractivity contribution in [2.45, 2.75) is 0 Å². The van der Waals surface area contributed by atoms with Crippen molar-refractivity contribution in [2.75, 3.05) is 0 Å². The molecule has 0 fully saturated rings. The van der Waals surface area contributed by atoms with Crippen molar-refractivity contribution in [3.8, 4) is 0 Å². The summed E-state index contributed by atoms with van der Waals surface area (Å²) in [5, 5.41) is 0. The van der Waals surface area contributed by atoms with Gasteiger partial charge in [-0.3, -0.25) is 0 Å². The van der Waals surface area contributed by atoms with E-state index in [0.29, 0.717) is 0 Å². The van der Waals surface area contributed by atoms with Crippen LogP contribution < -0.4 is 9.32 Å². The molecule has 0 saturated heterocycles. The van der Waals surface area contributed by atoms with Gasteiger partial charge in [-0.25, -0.2) is 0 Å². The molecule has 0 aliphatic carbocycles. The van der Waals surface area contributed by atoms with Gasteiger partial charge in [0.2, 0.25) is 0 Å². The van der Waals surface area contributed by atoms with Gasteiger partial charge < -0.3 is 9.32 Å². The molecule has 0 aromatic carbocycles. The van der Waals surface area contributed by atoms with Gasteiger partial charge in [-0.1, -0.05) is 0 Å². The first kappa shape index (κ1) is 9.19. The monoisotopic (exact) mass is 147 g/mol. The van der Waals surface area contributed by atoms with E-state index < -0.39 is 10.8 Å². The number of halogens is 1. The van der Waals surface area contributed by atoms with E-state index in [-0.39, 0.29) is 17.1 Å². The van der Waals surface area contributed by atoms with Gasteiger partial charge in [0.05, 0.1) is 0 Å². The Kier molecular flexibility index (Phi) is 8.62. The van der Waals surface area contributed by atoms with Crippen molar-refractivity contribution in [3.05, 3.63) is 0 Å². The molecule has 1 N–H and O–H groups in total. The van der Waals surface area contributed by atoms with E-state index in [2.05, 4.69) is 0 Å². The second kappa shape index (κ2) is 4.69. The molecule has 0 atom stereocenters. The molecule has 0 amide bonds. The zero-order valence-corrected chi connectivity index (χ0v) is 3.64. The van der Waals surface area contributed by atoms with E-state index in [1.807, 2.05) is 0 Å². The van der Waals surface area contributed by atoms with Crippen molar-refractivity contribution < 1.29 is 41.8 Å². The zero-order valence-electron chi connectivity index (χ0n) is 1.94. The van der Waals surface area contributed by atoms with E-state index in [1.165, 1.54) is 0 Å². The summed E-state index contributed by atoms with van der Waals surface area (Å²) in [4.78, 5) is 0. The van der Waals surface area contributed by atoms with Crippen LogP contribution in [-0.2, 0) is 17.1 Å². The van der Waals surface area contributed by atoms with E-state index in [9.17, 15) is 0 Å². The summed E-state index contributed by atoms with van der Waals surface area (Å²) in [6.45, 7) is 0. The van der Waals surface area contributed by atoms with Crippen LogP contribution in [-0.4, -0.2) is 4.66 Å². The zero-order chi connectivity index (χ0) is 3.58. The number of hydrogen-bond donors (Lipinski definition) is 1. The van der Waals surface area contributed by atoms with E-state index >= 15 is 0 Å². The second-order valence-corrected chi connectivity index (χ2v) is 0.603. The maximum Gasteiger partial charge on any atom is 0.282 e. The summed E-state index contributed by atoms with van der Waals surface area (Å²) >= 11 is 0. The molecule has 3 nitrogen and oxygen atoms in total. The van der Waals surface area contributed by atoms with E-state index in [1.54, 1.807) is 0 Å². The van der Waals surface area contributed by atoms with Crippen LogP contribution in [0.3, 0.4) is 0 Å². The van der Waals surface area contributed by atoms with Crippen molar-refractivity contribution in [2.24, 2.45) is 0 Å². The third-order valence-electron chi connectivity index (χ3n) is 0. The molecule has 0 aromatic rings. The van der Waals surface area contributed by atoms with Crippen LogP contribution in [0.25, 0.3) is 0 Å². The van der Waals surface area contributed by atoms with Crippen molar-refractivity contribution in [1.82, 2.24) is 0 Å². The van der Waals surface area contributed by atoms with Gasteiger partial charge >= 0.3 is 0 Å². The smallest absolute Gasteiger partial charge is 0.282 e. The fraction of sp³-hybridized carbons (Fsp3) is 0. The van der Waals surface area contributed by atoms with Gasteiger partial charge in [0.15, 0.2) is 0 Å². The van der Waals surface area contributed by atoms with Gasteiger partial charge in [-0.05, 0) is 0 Å². The summed E-state index contributed by atoms with van der Waals surface area (Å²) < 4.78 is 24.0. The average Bonchev–Trinajstić information content (AvgIpc) is 0.811. The molecular weight excluding hydrogens is 147 g/mol. The quantitative estimate of drug-likeness (QED) is 0.374. The fourth-order valence-corrected chi connectivity index (χ4v) is 0. The Morgan fingerprint density at radius 2 is 1.40 bits per heavy atom. The van der Waals surface area contributed by atoms with E-state index in [0.717, 1.165) is 0 Å². The summed E-state index contributed by atoms with van der Waals surface area (Å²) in [7, 11) is -2.60. The molecule has 0 aliphatic rings. The van der Waals surface area contributed by atoms with Crippen LogP contribution in [0.15, 0.2) is 0 Å². The molecule has 0 heterocycles. The fourth-order valence-electron chi connectivity index (χ4n) is 0. The first-order valence-corrected chi connectivity index (χ1v) is 1.43. The van der Waals surface area contributed by atoms with Crippen molar-refractivity contribution >= 4 is 0 Å². The number of hydrogen-bond acceptors (Lipinski definition) is 3.